The molecule has 0 fully saturated rings. The fourth-order valence-corrected chi connectivity index (χ4v) is 4.05. The molecule has 0 unspecified atom stereocenters. The lowest BCUT2D eigenvalue weighted by Gasteiger charge is -2.28. The van der Waals surface area contributed by atoms with Gasteiger partial charge in [-0.3, -0.25) is 24.2 Å². The molecule has 3 aromatic rings. The van der Waals surface area contributed by atoms with Crippen LogP contribution in [-0.2, 0) is 4.74 Å². The van der Waals surface area contributed by atoms with Crippen molar-refractivity contribution in [3.05, 3.63) is 99.0 Å². The molecule has 0 bridgehead atoms. The van der Waals surface area contributed by atoms with Gasteiger partial charge in [-0.2, -0.15) is 0 Å². The van der Waals surface area contributed by atoms with Gasteiger partial charge < -0.3 is 4.74 Å². The number of imide groups is 1. The molecule has 1 aliphatic rings. The Morgan fingerprint density at radius 3 is 2.09 bits per heavy atom. The molecule has 0 spiro atoms. The number of para-hydroxylation sites is 1. The molecular weight excluding hydrogens is 467 g/mol. The Morgan fingerprint density at radius 2 is 1.48 bits per heavy atom. The first-order valence-corrected chi connectivity index (χ1v) is 10.5. The predicted molar refractivity (Wildman–Crippen MR) is 123 cm³/mol. The highest BCUT2D eigenvalue weighted by atomic mass is 35.5. The first-order valence-electron chi connectivity index (χ1n) is 9.73. The van der Waals surface area contributed by atoms with Crippen molar-refractivity contribution in [2.45, 2.75) is 0 Å². The zero-order valence-corrected chi connectivity index (χ0v) is 18.8. The topological polar surface area (TPSA) is 84.0 Å². The molecule has 0 radical (unpaired) electrons. The molecule has 7 nitrogen and oxygen atoms in total. The van der Waals surface area contributed by atoms with Crippen molar-refractivity contribution in [3.63, 3.8) is 0 Å². The molecule has 1 aliphatic heterocycles. The van der Waals surface area contributed by atoms with Crippen LogP contribution in [0, 0.1) is 0 Å². The number of ether oxygens (including phenoxy) is 1. The van der Waals surface area contributed by atoms with E-state index in [0.29, 0.717) is 5.02 Å². The Morgan fingerprint density at radius 1 is 0.879 bits per heavy atom. The summed E-state index contributed by atoms with van der Waals surface area (Å²) in [6.07, 6.45) is 0. The second-order valence-corrected chi connectivity index (χ2v) is 7.94. The third-order valence-corrected chi connectivity index (χ3v) is 5.72. The van der Waals surface area contributed by atoms with Gasteiger partial charge in [0.1, 0.15) is 6.67 Å². The van der Waals surface area contributed by atoms with Crippen LogP contribution in [0.4, 0.5) is 5.69 Å². The molecule has 9 heteroatoms. The third-order valence-electron chi connectivity index (χ3n) is 5.17. The number of anilines is 1. The van der Waals surface area contributed by atoms with Crippen LogP contribution in [0.3, 0.4) is 0 Å². The lowest BCUT2D eigenvalue weighted by Crippen LogP contribution is -2.45. The van der Waals surface area contributed by atoms with Crippen LogP contribution in [0.2, 0.25) is 10.0 Å². The van der Waals surface area contributed by atoms with Crippen LogP contribution in [0.25, 0.3) is 0 Å². The lowest BCUT2D eigenvalue weighted by molar-refractivity contribution is 0.0601. The summed E-state index contributed by atoms with van der Waals surface area (Å²) in [5.41, 5.74) is 0.783. The van der Waals surface area contributed by atoms with Crippen LogP contribution < -0.4 is 4.90 Å². The number of methoxy groups -OCH3 is 1. The van der Waals surface area contributed by atoms with E-state index in [-0.39, 0.29) is 33.0 Å². The molecule has 0 aliphatic carbocycles. The largest absolute Gasteiger partial charge is 0.465 e. The second-order valence-electron chi connectivity index (χ2n) is 7.09. The Kier molecular flexibility index (Phi) is 6.18. The predicted octanol–water partition coefficient (Wildman–Crippen LogP) is 4.68. The summed E-state index contributed by atoms with van der Waals surface area (Å²) in [6.45, 7) is -0.446. The number of esters is 1. The first kappa shape index (κ1) is 22.5. The smallest absolute Gasteiger partial charge is 0.339 e. The quantitative estimate of drug-likeness (QED) is 0.389. The lowest BCUT2D eigenvalue weighted by atomic mass is 10.1. The monoisotopic (exact) mass is 482 g/mol. The van der Waals surface area contributed by atoms with Crippen LogP contribution in [0.1, 0.15) is 41.4 Å². The number of carbonyl (C=O) groups excluding carboxylic acids is 4. The van der Waals surface area contributed by atoms with E-state index < -0.39 is 30.4 Å². The molecular formula is C24H16Cl2N2O5. The van der Waals surface area contributed by atoms with Gasteiger partial charge in [-0.15, -0.1) is 0 Å². The van der Waals surface area contributed by atoms with E-state index in [1.165, 1.54) is 37.4 Å². The minimum Gasteiger partial charge on any atom is -0.465 e. The summed E-state index contributed by atoms with van der Waals surface area (Å²) in [5.74, 6) is -2.42. The maximum absolute atomic E-state index is 13.6. The van der Waals surface area contributed by atoms with Gasteiger partial charge in [0.05, 0.1) is 40.1 Å². The van der Waals surface area contributed by atoms with Gasteiger partial charge >= 0.3 is 5.97 Å². The third kappa shape index (κ3) is 4.08. The maximum Gasteiger partial charge on any atom is 0.339 e. The Hall–Kier alpha value is -3.68. The van der Waals surface area contributed by atoms with Gasteiger partial charge in [-0.05, 0) is 42.5 Å². The van der Waals surface area contributed by atoms with E-state index in [1.807, 2.05) is 0 Å². The number of nitrogens with zero attached hydrogens (tertiary/aromatic N) is 2. The summed E-state index contributed by atoms with van der Waals surface area (Å²) in [5, 5.41) is 0.411. The minimum absolute atomic E-state index is 0.0787. The minimum atomic E-state index is -0.687. The van der Waals surface area contributed by atoms with Crippen molar-refractivity contribution in [1.82, 2.24) is 4.90 Å². The van der Waals surface area contributed by atoms with Crippen molar-refractivity contribution in [2.24, 2.45) is 0 Å². The number of hydrogen-bond acceptors (Lipinski definition) is 5. The van der Waals surface area contributed by atoms with Crippen LogP contribution in [0.15, 0.2) is 66.7 Å². The second kappa shape index (κ2) is 9.05. The van der Waals surface area contributed by atoms with Gasteiger partial charge in [-0.1, -0.05) is 47.5 Å². The SMILES string of the molecule is COC(=O)c1ccccc1N(CN1C(=O)c2ccccc2C1=O)C(=O)c1ccc(Cl)cc1Cl. The van der Waals surface area contributed by atoms with Gasteiger partial charge in [0, 0.05) is 5.02 Å². The number of fused-ring (bicyclic) bond motifs is 1. The van der Waals surface area contributed by atoms with Gasteiger partial charge in [0.15, 0.2) is 0 Å². The average Bonchev–Trinajstić information content (AvgIpc) is 3.06. The van der Waals surface area contributed by atoms with Crippen molar-refractivity contribution in [2.75, 3.05) is 18.7 Å². The number of rotatable bonds is 5. The molecule has 0 atom stereocenters. The molecule has 0 saturated carbocycles. The van der Waals surface area contributed by atoms with E-state index >= 15 is 0 Å². The molecule has 33 heavy (non-hydrogen) atoms. The van der Waals surface area contributed by atoms with Crippen molar-refractivity contribution in [1.29, 1.82) is 0 Å². The molecule has 1 heterocycles. The fraction of sp³-hybridized carbons (Fsp3) is 0.0833. The van der Waals surface area contributed by atoms with Crippen LogP contribution in [0.5, 0.6) is 0 Å². The Balaban J connectivity index is 1.81. The molecule has 4 rings (SSSR count). The van der Waals surface area contributed by atoms with Gasteiger partial charge in [0.25, 0.3) is 17.7 Å². The normalized spacial score (nSPS) is 12.5. The molecule has 166 valence electrons. The van der Waals surface area contributed by atoms with Crippen LogP contribution in [-0.4, -0.2) is 42.4 Å². The van der Waals surface area contributed by atoms with E-state index in [1.54, 1.807) is 36.4 Å². The Labute approximate surface area is 199 Å². The summed E-state index contributed by atoms with van der Waals surface area (Å²) in [6, 6.07) is 16.9. The van der Waals surface area contributed by atoms with Crippen molar-refractivity contribution < 1.29 is 23.9 Å². The van der Waals surface area contributed by atoms with Gasteiger partial charge in [0.2, 0.25) is 0 Å². The standard InChI is InChI=1S/C24H16Cl2N2O5/c1-33-24(32)18-8-4-5-9-20(18)27(23(31)17-11-10-14(25)12-19(17)26)13-28-21(29)15-6-2-3-7-16(15)22(28)30/h2-12H,13H2,1H3. The summed E-state index contributed by atoms with van der Waals surface area (Å²) >= 11 is 12.2. The van der Waals surface area contributed by atoms with E-state index in [2.05, 4.69) is 0 Å². The number of carbonyl (C=O) groups is 4. The zero-order valence-electron chi connectivity index (χ0n) is 17.2. The number of amides is 3. The van der Waals surface area contributed by atoms with Crippen molar-refractivity contribution >= 4 is 52.6 Å². The van der Waals surface area contributed by atoms with E-state index in [9.17, 15) is 19.2 Å². The molecule has 0 aromatic heterocycles. The highest BCUT2D eigenvalue weighted by Gasteiger charge is 2.38. The van der Waals surface area contributed by atoms with E-state index in [4.69, 9.17) is 27.9 Å². The summed E-state index contributed by atoms with van der Waals surface area (Å²) in [4.78, 5) is 54.0. The fourth-order valence-electron chi connectivity index (χ4n) is 3.56. The number of halogens is 2. The molecule has 3 aromatic carbocycles. The average molecular weight is 483 g/mol. The highest BCUT2D eigenvalue weighted by Crippen LogP contribution is 2.30. The molecule has 0 N–H and O–H groups in total. The zero-order chi connectivity index (χ0) is 23.7. The number of hydrogen-bond donors (Lipinski definition) is 0. The highest BCUT2D eigenvalue weighted by molar-refractivity contribution is 6.37. The Bertz CT molecular complexity index is 1270. The maximum atomic E-state index is 13.6. The molecule has 3 amide bonds. The van der Waals surface area contributed by atoms with Crippen molar-refractivity contribution in [3.8, 4) is 0 Å². The van der Waals surface area contributed by atoms with Crippen LogP contribution >= 0.6 is 23.2 Å². The first-order chi connectivity index (χ1) is 15.8. The summed E-state index contributed by atoms with van der Waals surface area (Å²) in [7, 11) is 1.21. The van der Waals surface area contributed by atoms with Gasteiger partial charge in [-0.25, -0.2) is 4.79 Å². The molecule has 0 saturated heterocycles. The van der Waals surface area contributed by atoms with E-state index in [0.717, 1.165) is 9.80 Å². The number of benzene rings is 3. The summed E-state index contributed by atoms with van der Waals surface area (Å²) < 4.78 is 4.85.